The first-order chi connectivity index (χ1) is 10.5. The summed E-state index contributed by atoms with van der Waals surface area (Å²) in [5.41, 5.74) is 0.611. The average molecular weight is 321 g/mol. The van der Waals surface area contributed by atoms with Crippen molar-refractivity contribution >= 4 is 15.9 Å². The first kappa shape index (κ1) is 16.5. The van der Waals surface area contributed by atoms with Gasteiger partial charge in [0, 0.05) is 31.1 Å². The van der Waals surface area contributed by atoms with E-state index >= 15 is 0 Å². The van der Waals surface area contributed by atoms with Gasteiger partial charge in [-0.05, 0) is 25.0 Å². The fourth-order valence-electron chi connectivity index (χ4n) is 2.46. The topological polar surface area (TPSA) is 90.3 Å². The summed E-state index contributed by atoms with van der Waals surface area (Å²) in [4.78, 5) is 13.9. The molecule has 22 heavy (non-hydrogen) atoms. The number of sulfonamides is 1. The molecule has 1 aliphatic heterocycles. The summed E-state index contributed by atoms with van der Waals surface area (Å²) in [5, 5.41) is 8.44. The number of rotatable bonds is 6. The Labute approximate surface area is 130 Å². The summed E-state index contributed by atoms with van der Waals surface area (Å²) >= 11 is 0. The van der Waals surface area contributed by atoms with Crippen LogP contribution in [0.2, 0.25) is 0 Å². The Balaban J connectivity index is 1.88. The molecule has 1 amide bonds. The predicted molar refractivity (Wildman–Crippen MR) is 82.5 cm³/mol. The summed E-state index contributed by atoms with van der Waals surface area (Å²) in [6, 6.07) is 10.6. The van der Waals surface area contributed by atoms with Crippen LogP contribution in [0.5, 0.6) is 0 Å². The molecule has 1 fully saturated rings. The number of hydrogen-bond acceptors (Lipinski definition) is 4. The van der Waals surface area contributed by atoms with Gasteiger partial charge in [-0.25, -0.2) is 13.1 Å². The van der Waals surface area contributed by atoms with Crippen LogP contribution in [-0.2, 0) is 10.0 Å². The molecule has 0 spiro atoms. The molecule has 0 aromatic heterocycles. The standard InChI is InChI=1S/C15H19N3O3S/c16-9-4-5-11-22(20,21)17-14-8-10-18(12-14)15(19)13-6-2-1-3-7-13/h1-3,6-7,14,17H,4-5,8,10-12H2. The molecule has 1 aromatic carbocycles. The van der Waals surface area contributed by atoms with Crippen LogP contribution in [0.25, 0.3) is 0 Å². The van der Waals surface area contributed by atoms with Crippen LogP contribution in [0.3, 0.4) is 0 Å². The maximum atomic E-state index is 12.3. The van der Waals surface area contributed by atoms with E-state index in [1.165, 1.54) is 0 Å². The van der Waals surface area contributed by atoms with Crippen molar-refractivity contribution in [3.63, 3.8) is 0 Å². The quantitative estimate of drug-likeness (QED) is 0.795. The monoisotopic (exact) mass is 321 g/mol. The minimum absolute atomic E-state index is 0.0519. The molecule has 0 radical (unpaired) electrons. The fourth-order valence-corrected chi connectivity index (χ4v) is 3.80. The largest absolute Gasteiger partial charge is 0.337 e. The third-order valence-corrected chi connectivity index (χ3v) is 5.06. The molecule has 7 heteroatoms. The maximum absolute atomic E-state index is 12.3. The number of benzene rings is 1. The van der Waals surface area contributed by atoms with Crippen LogP contribution < -0.4 is 4.72 Å². The molecule has 2 rings (SSSR count). The van der Waals surface area contributed by atoms with Crippen LogP contribution >= 0.6 is 0 Å². The summed E-state index contributed by atoms with van der Waals surface area (Å²) in [7, 11) is -3.39. The third kappa shape index (κ3) is 4.55. The summed E-state index contributed by atoms with van der Waals surface area (Å²) in [6.45, 7) is 0.921. The van der Waals surface area contributed by atoms with Gasteiger partial charge in [-0.2, -0.15) is 5.26 Å². The first-order valence-electron chi connectivity index (χ1n) is 7.23. The van der Waals surface area contributed by atoms with Crippen molar-refractivity contribution < 1.29 is 13.2 Å². The molecule has 1 aliphatic rings. The Morgan fingerprint density at radius 3 is 2.77 bits per heavy atom. The van der Waals surface area contributed by atoms with E-state index in [0.717, 1.165) is 0 Å². The van der Waals surface area contributed by atoms with Gasteiger partial charge in [0.15, 0.2) is 0 Å². The number of amides is 1. The zero-order valence-corrected chi connectivity index (χ0v) is 13.1. The van der Waals surface area contributed by atoms with Gasteiger partial charge in [-0.1, -0.05) is 18.2 Å². The highest BCUT2D eigenvalue weighted by molar-refractivity contribution is 7.89. The van der Waals surface area contributed by atoms with Gasteiger partial charge in [-0.3, -0.25) is 4.79 Å². The van der Waals surface area contributed by atoms with Gasteiger partial charge in [0.05, 0.1) is 11.8 Å². The Morgan fingerprint density at radius 1 is 1.36 bits per heavy atom. The molecule has 1 atom stereocenters. The second kappa shape index (κ2) is 7.38. The maximum Gasteiger partial charge on any atom is 0.253 e. The molecule has 6 nitrogen and oxygen atoms in total. The van der Waals surface area contributed by atoms with Crippen molar-refractivity contribution in [2.24, 2.45) is 0 Å². The number of carbonyl (C=O) groups is 1. The molecule has 1 aromatic rings. The lowest BCUT2D eigenvalue weighted by Crippen LogP contribution is -2.39. The molecular weight excluding hydrogens is 302 g/mol. The van der Waals surface area contributed by atoms with Crippen molar-refractivity contribution in [3.05, 3.63) is 35.9 Å². The number of nitrogens with zero attached hydrogens (tertiary/aromatic N) is 2. The molecule has 118 valence electrons. The SMILES string of the molecule is N#CCCCS(=O)(=O)NC1CCN(C(=O)c2ccccc2)C1. The minimum atomic E-state index is -3.39. The van der Waals surface area contributed by atoms with E-state index in [4.69, 9.17) is 5.26 Å². The second-order valence-electron chi connectivity index (χ2n) is 5.30. The summed E-state index contributed by atoms with van der Waals surface area (Å²) in [5.74, 6) is -0.129. The van der Waals surface area contributed by atoms with Gasteiger partial charge in [-0.15, -0.1) is 0 Å². The van der Waals surface area contributed by atoms with Crippen LogP contribution in [0.1, 0.15) is 29.6 Å². The highest BCUT2D eigenvalue weighted by Gasteiger charge is 2.29. The third-order valence-electron chi connectivity index (χ3n) is 3.54. The molecular formula is C15H19N3O3S. The van der Waals surface area contributed by atoms with Crippen LogP contribution in [0.4, 0.5) is 0 Å². The Kier molecular flexibility index (Phi) is 5.52. The number of unbranched alkanes of at least 4 members (excludes halogenated alkanes) is 1. The Morgan fingerprint density at radius 2 is 2.09 bits per heavy atom. The zero-order chi connectivity index (χ0) is 16.0. The minimum Gasteiger partial charge on any atom is -0.337 e. The first-order valence-corrected chi connectivity index (χ1v) is 8.88. The number of nitriles is 1. The van der Waals surface area contributed by atoms with E-state index in [1.54, 1.807) is 29.2 Å². The Bertz CT molecular complexity index is 652. The lowest BCUT2D eigenvalue weighted by atomic mass is 10.2. The van der Waals surface area contributed by atoms with Crippen LogP contribution in [0, 0.1) is 11.3 Å². The van der Waals surface area contributed by atoms with Crippen LogP contribution in [0.15, 0.2) is 30.3 Å². The smallest absolute Gasteiger partial charge is 0.253 e. The second-order valence-corrected chi connectivity index (χ2v) is 7.17. The number of nitrogens with one attached hydrogen (secondary N) is 1. The van der Waals surface area contributed by atoms with Crippen molar-refractivity contribution in [2.45, 2.75) is 25.3 Å². The summed E-state index contributed by atoms with van der Waals surface area (Å²) in [6.07, 6.45) is 1.16. The zero-order valence-electron chi connectivity index (χ0n) is 12.2. The lowest BCUT2D eigenvalue weighted by Gasteiger charge is -2.17. The van der Waals surface area contributed by atoms with E-state index in [2.05, 4.69) is 4.72 Å². The van der Waals surface area contributed by atoms with Gasteiger partial charge in [0.2, 0.25) is 10.0 Å². The average Bonchev–Trinajstić information content (AvgIpc) is 2.95. The van der Waals surface area contributed by atoms with Gasteiger partial charge >= 0.3 is 0 Å². The van der Waals surface area contributed by atoms with E-state index in [1.807, 2.05) is 12.1 Å². The molecule has 0 saturated carbocycles. The molecule has 0 aliphatic carbocycles. The van der Waals surface area contributed by atoms with E-state index in [-0.39, 0.29) is 24.1 Å². The normalized spacial score (nSPS) is 18.1. The van der Waals surface area contributed by atoms with Gasteiger partial charge in [0.1, 0.15) is 0 Å². The van der Waals surface area contributed by atoms with E-state index in [9.17, 15) is 13.2 Å². The van der Waals surface area contributed by atoms with Crippen molar-refractivity contribution in [3.8, 4) is 6.07 Å². The van der Waals surface area contributed by atoms with Gasteiger partial charge in [0.25, 0.3) is 5.91 Å². The number of hydrogen-bond donors (Lipinski definition) is 1. The van der Waals surface area contributed by atoms with E-state index in [0.29, 0.717) is 31.5 Å². The fraction of sp³-hybridized carbons (Fsp3) is 0.467. The van der Waals surface area contributed by atoms with Crippen molar-refractivity contribution in [2.75, 3.05) is 18.8 Å². The summed E-state index contributed by atoms with van der Waals surface area (Å²) < 4.78 is 26.4. The lowest BCUT2D eigenvalue weighted by molar-refractivity contribution is 0.0790. The highest BCUT2D eigenvalue weighted by Crippen LogP contribution is 2.14. The highest BCUT2D eigenvalue weighted by atomic mass is 32.2. The predicted octanol–water partition coefficient (Wildman–Crippen LogP) is 1.12. The molecule has 1 N–H and O–H groups in total. The van der Waals surface area contributed by atoms with Crippen LogP contribution in [-0.4, -0.2) is 44.1 Å². The molecule has 1 heterocycles. The van der Waals surface area contributed by atoms with E-state index < -0.39 is 10.0 Å². The van der Waals surface area contributed by atoms with Crippen molar-refractivity contribution in [1.29, 1.82) is 5.26 Å². The molecule has 1 saturated heterocycles. The Hall–Kier alpha value is -1.91. The number of carbonyl (C=O) groups excluding carboxylic acids is 1. The molecule has 1 unspecified atom stereocenters. The molecule has 0 bridgehead atoms. The number of likely N-dealkylation sites (tertiary alicyclic amines) is 1. The van der Waals surface area contributed by atoms with Gasteiger partial charge < -0.3 is 4.90 Å². The van der Waals surface area contributed by atoms with Crippen molar-refractivity contribution in [1.82, 2.24) is 9.62 Å².